The summed E-state index contributed by atoms with van der Waals surface area (Å²) in [5.41, 5.74) is 1.13. The van der Waals surface area contributed by atoms with Crippen LogP contribution in [-0.4, -0.2) is 36.1 Å². The Morgan fingerprint density at radius 2 is 2.06 bits per heavy atom. The maximum absolute atomic E-state index is 4.57. The Balaban J connectivity index is 1.85. The molecule has 2 unspecified atom stereocenters. The van der Waals surface area contributed by atoms with Crippen LogP contribution in [0.1, 0.15) is 43.4 Å². The molecule has 0 spiro atoms. The van der Waals surface area contributed by atoms with Gasteiger partial charge in [-0.15, -0.1) is 11.3 Å². The second kappa shape index (κ2) is 6.13. The summed E-state index contributed by atoms with van der Waals surface area (Å²) in [4.78, 5) is 7.00. The number of hydrogen-bond acceptors (Lipinski definition) is 4. The standard InChI is InChI=1S/C14H25N3S/c1-10-9-18-14(15-10)12(3)16-11(2)13-5-7-17(4)8-6-13/h9,11-13,16H,5-8H2,1-4H3. The monoisotopic (exact) mass is 267 g/mol. The minimum absolute atomic E-state index is 0.373. The molecule has 2 rings (SSSR count). The fourth-order valence-corrected chi connectivity index (χ4v) is 3.51. The van der Waals surface area contributed by atoms with E-state index < -0.39 is 0 Å². The molecule has 0 saturated carbocycles. The molecule has 102 valence electrons. The molecule has 0 aliphatic carbocycles. The lowest BCUT2D eigenvalue weighted by Gasteiger charge is -2.34. The average molecular weight is 267 g/mol. The lowest BCUT2D eigenvalue weighted by molar-refractivity contribution is 0.185. The second-order valence-electron chi connectivity index (χ2n) is 5.64. The summed E-state index contributed by atoms with van der Waals surface area (Å²) >= 11 is 1.76. The summed E-state index contributed by atoms with van der Waals surface area (Å²) < 4.78 is 0. The lowest BCUT2D eigenvalue weighted by atomic mass is 9.90. The van der Waals surface area contributed by atoms with Crippen LogP contribution in [0.5, 0.6) is 0 Å². The van der Waals surface area contributed by atoms with E-state index in [1.807, 2.05) is 0 Å². The Morgan fingerprint density at radius 3 is 2.61 bits per heavy atom. The Bertz CT molecular complexity index is 369. The van der Waals surface area contributed by atoms with Gasteiger partial charge in [-0.1, -0.05) is 0 Å². The number of aromatic nitrogens is 1. The molecule has 18 heavy (non-hydrogen) atoms. The summed E-state index contributed by atoms with van der Waals surface area (Å²) in [6.45, 7) is 9.09. The van der Waals surface area contributed by atoms with Crippen molar-refractivity contribution in [2.45, 2.75) is 45.7 Å². The van der Waals surface area contributed by atoms with Crippen LogP contribution in [0.3, 0.4) is 0 Å². The number of aryl methyl sites for hydroxylation is 1. The Kier molecular flexibility index (Phi) is 4.76. The number of likely N-dealkylation sites (tertiary alicyclic amines) is 1. The van der Waals surface area contributed by atoms with Gasteiger partial charge >= 0.3 is 0 Å². The summed E-state index contributed by atoms with van der Waals surface area (Å²) in [6, 6.07) is 0.955. The normalized spacial score (nSPS) is 22.0. The third kappa shape index (κ3) is 3.53. The van der Waals surface area contributed by atoms with Crippen LogP contribution in [0.2, 0.25) is 0 Å². The number of hydrogen-bond donors (Lipinski definition) is 1. The Hall–Kier alpha value is -0.450. The van der Waals surface area contributed by atoms with Gasteiger partial charge in [0.15, 0.2) is 0 Å². The van der Waals surface area contributed by atoms with Crippen LogP contribution < -0.4 is 5.32 Å². The van der Waals surface area contributed by atoms with Gasteiger partial charge < -0.3 is 10.2 Å². The fourth-order valence-electron chi connectivity index (χ4n) is 2.70. The lowest BCUT2D eigenvalue weighted by Crippen LogP contribution is -2.41. The summed E-state index contributed by atoms with van der Waals surface area (Å²) in [6.07, 6.45) is 2.63. The third-order valence-electron chi connectivity index (χ3n) is 3.99. The van der Waals surface area contributed by atoms with Gasteiger partial charge in [0.05, 0.1) is 6.04 Å². The number of thiazole rings is 1. The van der Waals surface area contributed by atoms with Crippen molar-refractivity contribution in [3.8, 4) is 0 Å². The zero-order valence-electron chi connectivity index (χ0n) is 11.9. The van der Waals surface area contributed by atoms with Crippen LogP contribution in [0.15, 0.2) is 5.38 Å². The number of nitrogens with zero attached hydrogens (tertiary/aromatic N) is 2. The highest BCUT2D eigenvalue weighted by atomic mass is 32.1. The minimum atomic E-state index is 0.373. The molecule has 0 amide bonds. The first-order valence-corrected chi connectivity index (χ1v) is 7.81. The molecule has 0 aromatic carbocycles. The molecule has 1 fully saturated rings. The van der Waals surface area contributed by atoms with Crippen LogP contribution in [-0.2, 0) is 0 Å². The molecule has 1 N–H and O–H groups in total. The van der Waals surface area contributed by atoms with Crippen LogP contribution in [0.4, 0.5) is 0 Å². The van der Waals surface area contributed by atoms with E-state index in [0.717, 1.165) is 11.6 Å². The van der Waals surface area contributed by atoms with E-state index in [-0.39, 0.29) is 0 Å². The predicted octanol–water partition coefficient (Wildman–Crippen LogP) is 2.83. The molecular weight excluding hydrogens is 242 g/mol. The Morgan fingerprint density at radius 1 is 1.39 bits per heavy atom. The average Bonchev–Trinajstić information content (AvgIpc) is 2.76. The summed E-state index contributed by atoms with van der Waals surface area (Å²) in [5.74, 6) is 0.810. The second-order valence-corrected chi connectivity index (χ2v) is 6.53. The van der Waals surface area contributed by atoms with Gasteiger partial charge in [-0.3, -0.25) is 0 Å². The van der Waals surface area contributed by atoms with Crippen molar-refractivity contribution in [1.82, 2.24) is 15.2 Å². The van der Waals surface area contributed by atoms with Crippen molar-refractivity contribution in [1.29, 1.82) is 0 Å². The van der Waals surface area contributed by atoms with Crippen LogP contribution >= 0.6 is 11.3 Å². The van der Waals surface area contributed by atoms with Crippen molar-refractivity contribution in [3.05, 3.63) is 16.1 Å². The van der Waals surface area contributed by atoms with Crippen molar-refractivity contribution in [2.75, 3.05) is 20.1 Å². The Labute approximate surface area is 115 Å². The van der Waals surface area contributed by atoms with E-state index in [1.165, 1.54) is 30.9 Å². The molecule has 3 nitrogen and oxygen atoms in total. The summed E-state index contributed by atoms with van der Waals surface area (Å²) in [7, 11) is 2.22. The first-order chi connectivity index (χ1) is 8.56. The van der Waals surface area contributed by atoms with Gasteiger partial charge in [0.25, 0.3) is 0 Å². The van der Waals surface area contributed by atoms with Crippen molar-refractivity contribution >= 4 is 11.3 Å². The topological polar surface area (TPSA) is 28.2 Å². The molecule has 1 aromatic rings. The molecule has 1 saturated heterocycles. The quantitative estimate of drug-likeness (QED) is 0.909. The predicted molar refractivity (Wildman–Crippen MR) is 78.1 cm³/mol. The fraction of sp³-hybridized carbons (Fsp3) is 0.786. The van der Waals surface area contributed by atoms with E-state index in [0.29, 0.717) is 12.1 Å². The third-order valence-corrected chi connectivity index (χ3v) is 5.14. The molecule has 0 bridgehead atoms. The molecule has 4 heteroatoms. The first-order valence-electron chi connectivity index (χ1n) is 6.93. The van der Waals surface area contributed by atoms with Crippen molar-refractivity contribution < 1.29 is 0 Å². The van der Waals surface area contributed by atoms with E-state index in [4.69, 9.17) is 0 Å². The molecule has 0 radical (unpaired) electrons. The number of rotatable bonds is 4. The van der Waals surface area contributed by atoms with Gasteiger partial charge in [0, 0.05) is 17.1 Å². The van der Waals surface area contributed by atoms with Crippen LogP contribution in [0.25, 0.3) is 0 Å². The van der Waals surface area contributed by atoms with E-state index in [1.54, 1.807) is 11.3 Å². The van der Waals surface area contributed by atoms with E-state index in [9.17, 15) is 0 Å². The molecule has 1 aromatic heterocycles. The van der Waals surface area contributed by atoms with Gasteiger partial charge in [0.2, 0.25) is 0 Å². The highest BCUT2D eigenvalue weighted by molar-refractivity contribution is 7.09. The molecule has 2 heterocycles. The van der Waals surface area contributed by atoms with E-state index >= 15 is 0 Å². The molecule has 1 aliphatic heterocycles. The highest BCUT2D eigenvalue weighted by Gasteiger charge is 2.23. The largest absolute Gasteiger partial charge is 0.306 e. The number of piperidine rings is 1. The smallest absolute Gasteiger partial charge is 0.110 e. The zero-order valence-corrected chi connectivity index (χ0v) is 12.8. The molecular formula is C14H25N3S. The highest BCUT2D eigenvalue weighted by Crippen LogP contribution is 2.23. The zero-order chi connectivity index (χ0) is 13.1. The van der Waals surface area contributed by atoms with Crippen molar-refractivity contribution in [3.63, 3.8) is 0 Å². The van der Waals surface area contributed by atoms with E-state index in [2.05, 4.69) is 48.4 Å². The number of nitrogens with one attached hydrogen (secondary N) is 1. The molecule has 1 aliphatic rings. The van der Waals surface area contributed by atoms with Crippen LogP contribution in [0, 0.1) is 12.8 Å². The van der Waals surface area contributed by atoms with Gasteiger partial charge in [-0.2, -0.15) is 0 Å². The maximum Gasteiger partial charge on any atom is 0.110 e. The maximum atomic E-state index is 4.57. The van der Waals surface area contributed by atoms with Gasteiger partial charge in [-0.05, 0) is 59.7 Å². The van der Waals surface area contributed by atoms with Gasteiger partial charge in [0.1, 0.15) is 5.01 Å². The van der Waals surface area contributed by atoms with Crippen molar-refractivity contribution in [2.24, 2.45) is 5.92 Å². The summed E-state index contributed by atoms with van der Waals surface area (Å²) in [5, 5.41) is 7.07. The first kappa shape index (κ1) is 14.0. The minimum Gasteiger partial charge on any atom is -0.306 e. The van der Waals surface area contributed by atoms with Gasteiger partial charge in [-0.25, -0.2) is 4.98 Å². The molecule has 2 atom stereocenters. The SMILES string of the molecule is Cc1csc(C(C)NC(C)C2CCN(C)CC2)n1.